The van der Waals surface area contributed by atoms with Crippen molar-refractivity contribution >= 4 is 13.8 Å². The van der Waals surface area contributed by atoms with Crippen molar-refractivity contribution in [3.8, 4) is 5.75 Å². The van der Waals surface area contributed by atoms with Gasteiger partial charge in [-0.3, -0.25) is 9.05 Å². The number of phosphoric acid groups is 1. The number of hydrogen-bond acceptors (Lipinski definition) is 7. The maximum absolute atomic E-state index is 12.5. The zero-order chi connectivity index (χ0) is 18.4. The van der Waals surface area contributed by atoms with E-state index in [0.29, 0.717) is 5.56 Å². The standard InChI is InChI=1S/C16H25O7P/c1-6-20-24(19,21-7-2)23-14-9-8-12(11-17)10-13(14)15(18)22-16(3,4)5/h8-10,17H,6-7,11H2,1-5H3. The Morgan fingerprint density at radius 2 is 1.75 bits per heavy atom. The molecule has 0 aliphatic carbocycles. The van der Waals surface area contributed by atoms with Gasteiger partial charge in [-0.1, -0.05) is 6.07 Å². The SMILES string of the molecule is CCOP(=O)(OCC)Oc1ccc(CO)cc1C(=O)OC(C)(C)C. The quantitative estimate of drug-likeness (QED) is 0.558. The van der Waals surface area contributed by atoms with E-state index in [0.717, 1.165) is 0 Å². The third-order valence-corrected chi connectivity index (χ3v) is 4.20. The lowest BCUT2D eigenvalue weighted by atomic mass is 10.1. The molecule has 1 rings (SSSR count). The predicted molar refractivity (Wildman–Crippen MR) is 89.0 cm³/mol. The van der Waals surface area contributed by atoms with E-state index in [4.69, 9.17) is 18.3 Å². The van der Waals surface area contributed by atoms with E-state index in [1.165, 1.54) is 12.1 Å². The van der Waals surface area contributed by atoms with E-state index in [9.17, 15) is 14.5 Å². The van der Waals surface area contributed by atoms with Crippen LogP contribution in [0.2, 0.25) is 0 Å². The number of rotatable bonds is 8. The fraction of sp³-hybridized carbons (Fsp3) is 0.562. The van der Waals surface area contributed by atoms with Crippen LogP contribution in [0, 0.1) is 0 Å². The molecule has 0 bridgehead atoms. The van der Waals surface area contributed by atoms with Gasteiger partial charge in [0.15, 0.2) is 0 Å². The van der Waals surface area contributed by atoms with Crippen molar-refractivity contribution in [3.05, 3.63) is 29.3 Å². The van der Waals surface area contributed by atoms with Crippen molar-refractivity contribution in [2.45, 2.75) is 46.8 Å². The summed E-state index contributed by atoms with van der Waals surface area (Å²) in [7, 11) is -3.85. The summed E-state index contributed by atoms with van der Waals surface area (Å²) < 4.78 is 33.4. The van der Waals surface area contributed by atoms with Gasteiger partial charge < -0.3 is 14.4 Å². The van der Waals surface area contributed by atoms with E-state index >= 15 is 0 Å². The predicted octanol–water partition coefficient (Wildman–Crippen LogP) is 3.69. The minimum Gasteiger partial charge on any atom is -0.456 e. The normalized spacial score (nSPS) is 12.1. The molecule has 0 radical (unpaired) electrons. The summed E-state index contributed by atoms with van der Waals surface area (Å²) in [6.45, 7) is 8.47. The third kappa shape index (κ3) is 6.24. The Balaban J connectivity index is 3.22. The Labute approximate surface area is 142 Å². The Hall–Kier alpha value is -1.40. The van der Waals surface area contributed by atoms with Gasteiger partial charge in [0.1, 0.15) is 16.9 Å². The molecule has 7 nitrogen and oxygen atoms in total. The van der Waals surface area contributed by atoms with Gasteiger partial charge in [0.05, 0.1) is 19.8 Å². The summed E-state index contributed by atoms with van der Waals surface area (Å²) in [6, 6.07) is 4.40. The smallest absolute Gasteiger partial charge is 0.456 e. The fourth-order valence-electron chi connectivity index (χ4n) is 1.77. The largest absolute Gasteiger partial charge is 0.530 e. The first-order valence-corrected chi connectivity index (χ1v) is 9.16. The van der Waals surface area contributed by atoms with Crippen LogP contribution in [-0.2, 0) is 25.0 Å². The number of hydrogen-bond donors (Lipinski definition) is 1. The number of aliphatic hydroxyl groups is 1. The minimum atomic E-state index is -3.85. The molecule has 0 atom stereocenters. The molecule has 1 aromatic rings. The molecule has 0 unspecified atom stereocenters. The zero-order valence-electron chi connectivity index (χ0n) is 14.7. The molecule has 0 aliphatic rings. The highest BCUT2D eigenvalue weighted by Gasteiger charge is 2.30. The topological polar surface area (TPSA) is 91.3 Å². The first-order chi connectivity index (χ1) is 11.1. The number of benzene rings is 1. The number of phosphoric ester groups is 1. The molecular weight excluding hydrogens is 335 g/mol. The van der Waals surface area contributed by atoms with Crippen molar-refractivity contribution < 1.29 is 32.8 Å². The summed E-state index contributed by atoms with van der Waals surface area (Å²) in [4.78, 5) is 12.4. The Kier molecular flexibility index (Phi) is 7.42. The molecule has 1 N–H and O–H groups in total. The van der Waals surface area contributed by atoms with Gasteiger partial charge >= 0.3 is 13.8 Å². The average molecular weight is 360 g/mol. The summed E-state index contributed by atoms with van der Waals surface area (Å²) in [5.74, 6) is -0.654. The molecule has 0 aliphatic heterocycles. The van der Waals surface area contributed by atoms with Crippen LogP contribution in [0.15, 0.2) is 18.2 Å². The van der Waals surface area contributed by atoms with E-state index in [-0.39, 0.29) is 31.1 Å². The van der Waals surface area contributed by atoms with E-state index in [1.807, 2.05) is 0 Å². The first-order valence-electron chi connectivity index (χ1n) is 7.70. The van der Waals surface area contributed by atoms with Crippen LogP contribution in [0.4, 0.5) is 0 Å². The van der Waals surface area contributed by atoms with Crippen LogP contribution in [0.1, 0.15) is 50.5 Å². The second-order valence-electron chi connectivity index (χ2n) is 5.86. The van der Waals surface area contributed by atoms with Crippen molar-refractivity contribution in [3.63, 3.8) is 0 Å². The summed E-state index contributed by atoms with van der Waals surface area (Å²) in [5, 5.41) is 9.27. The summed E-state index contributed by atoms with van der Waals surface area (Å²) >= 11 is 0. The number of aliphatic hydroxyl groups excluding tert-OH is 1. The molecular formula is C16H25O7P. The van der Waals surface area contributed by atoms with E-state index in [1.54, 1.807) is 40.7 Å². The molecule has 0 saturated carbocycles. The van der Waals surface area contributed by atoms with Crippen LogP contribution in [0.25, 0.3) is 0 Å². The monoisotopic (exact) mass is 360 g/mol. The number of carbonyl (C=O) groups is 1. The summed E-state index contributed by atoms with van der Waals surface area (Å²) in [5.41, 5.74) is -0.186. The highest BCUT2D eigenvalue weighted by Crippen LogP contribution is 2.50. The minimum absolute atomic E-state index is 0.00619. The molecule has 0 saturated heterocycles. The molecule has 136 valence electrons. The third-order valence-electron chi connectivity index (χ3n) is 2.63. The molecule has 24 heavy (non-hydrogen) atoms. The van der Waals surface area contributed by atoms with Crippen molar-refractivity contribution in [1.82, 2.24) is 0 Å². The lowest BCUT2D eigenvalue weighted by Gasteiger charge is -2.22. The van der Waals surface area contributed by atoms with Gasteiger partial charge in [-0.2, -0.15) is 0 Å². The molecule has 0 amide bonds. The second kappa shape index (κ2) is 8.62. The highest BCUT2D eigenvalue weighted by molar-refractivity contribution is 7.48. The van der Waals surface area contributed by atoms with Crippen LogP contribution in [-0.4, -0.2) is 29.9 Å². The molecule has 0 aromatic heterocycles. The van der Waals surface area contributed by atoms with Crippen molar-refractivity contribution in [1.29, 1.82) is 0 Å². The Bertz CT molecular complexity index is 597. The Morgan fingerprint density at radius 1 is 1.17 bits per heavy atom. The van der Waals surface area contributed by atoms with E-state index in [2.05, 4.69) is 0 Å². The maximum atomic E-state index is 12.5. The first kappa shape index (κ1) is 20.6. The van der Waals surface area contributed by atoms with Gasteiger partial charge in [0, 0.05) is 0 Å². The molecule has 1 aromatic carbocycles. The van der Waals surface area contributed by atoms with Crippen molar-refractivity contribution in [2.24, 2.45) is 0 Å². The van der Waals surface area contributed by atoms with Gasteiger partial charge in [0.25, 0.3) is 0 Å². The Morgan fingerprint density at radius 3 is 2.21 bits per heavy atom. The number of esters is 1. The highest BCUT2D eigenvalue weighted by atomic mass is 31.2. The van der Waals surface area contributed by atoms with Crippen LogP contribution < -0.4 is 4.52 Å². The molecule has 0 heterocycles. The molecule has 8 heteroatoms. The zero-order valence-corrected chi connectivity index (χ0v) is 15.6. The molecule has 0 fully saturated rings. The van der Waals surface area contributed by atoms with Gasteiger partial charge in [-0.05, 0) is 52.3 Å². The fourth-order valence-corrected chi connectivity index (χ4v) is 2.99. The average Bonchev–Trinajstić information content (AvgIpc) is 2.46. The number of carbonyl (C=O) groups excluding carboxylic acids is 1. The van der Waals surface area contributed by atoms with Gasteiger partial charge in [-0.25, -0.2) is 9.36 Å². The van der Waals surface area contributed by atoms with E-state index < -0.39 is 19.4 Å². The van der Waals surface area contributed by atoms with Crippen molar-refractivity contribution in [2.75, 3.05) is 13.2 Å². The molecule has 0 spiro atoms. The second-order valence-corrected chi connectivity index (χ2v) is 7.46. The van der Waals surface area contributed by atoms with Crippen LogP contribution >= 0.6 is 7.82 Å². The number of ether oxygens (including phenoxy) is 1. The maximum Gasteiger partial charge on any atom is 0.530 e. The van der Waals surface area contributed by atoms with Gasteiger partial charge in [0.2, 0.25) is 0 Å². The van der Waals surface area contributed by atoms with Crippen LogP contribution in [0.5, 0.6) is 5.75 Å². The summed E-state index contributed by atoms with van der Waals surface area (Å²) in [6.07, 6.45) is 0. The van der Waals surface area contributed by atoms with Crippen LogP contribution in [0.3, 0.4) is 0 Å². The van der Waals surface area contributed by atoms with Gasteiger partial charge in [-0.15, -0.1) is 0 Å². The lowest BCUT2D eigenvalue weighted by Crippen LogP contribution is -2.24. The lowest BCUT2D eigenvalue weighted by molar-refractivity contribution is 0.00673.